The highest BCUT2D eigenvalue weighted by molar-refractivity contribution is 6.24. The molecule has 242 valence electrons. The lowest BCUT2D eigenvalue weighted by Gasteiger charge is -2.18. The van der Waals surface area contributed by atoms with Gasteiger partial charge in [0.15, 0.2) is 0 Å². The molecule has 2 aromatic heterocycles. The number of hydrogen-bond acceptors (Lipinski definition) is 2. The maximum atomic E-state index is 9.49. The second kappa shape index (κ2) is 11.3. The van der Waals surface area contributed by atoms with Crippen LogP contribution in [0.25, 0.3) is 110 Å². The zero-order valence-electron chi connectivity index (χ0n) is 42.0. The molecule has 11 rings (SSSR count). The van der Waals surface area contributed by atoms with E-state index in [1.807, 2.05) is 72.8 Å². The second-order valence-electron chi connectivity index (χ2n) is 12.4. The highest BCUT2D eigenvalue weighted by Gasteiger charge is 2.23. The van der Waals surface area contributed by atoms with Crippen molar-refractivity contribution in [3.63, 3.8) is 0 Å². The van der Waals surface area contributed by atoms with Gasteiger partial charge in [0.1, 0.15) is 22.5 Å². The van der Waals surface area contributed by atoms with Gasteiger partial charge in [0.25, 0.3) is 0 Å². The van der Waals surface area contributed by atoms with Crippen LogP contribution in [-0.2, 0) is 0 Å². The number of hydrogen-bond donors (Lipinski definition) is 0. The van der Waals surface area contributed by atoms with E-state index < -0.39 is 107 Å². The Bertz CT molecular complexity index is 3950. The van der Waals surface area contributed by atoms with Gasteiger partial charge in [-0.3, -0.25) is 0 Å². The molecule has 0 spiro atoms. The summed E-state index contributed by atoms with van der Waals surface area (Å²) in [6, 6.07) is 18.1. The predicted octanol–water partition coefficient (Wildman–Crippen LogP) is 14.5. The van der Waals surface area contributed by atoms with Crippen molar-refractivity contribution >= 4 is 65.2 Å². The lowest BCUT2D eigenvalue weighted by molar-refractivity contribution is 0.634. The average Bonchev–Trinajstić information content (AvgIpc) is 3.92. The molecule has 0 amide bonds. The summed E-state index contributed by atoms with van der Waals surface area (Å²) >= 11 is 0. The van der Waals surface area contributed by atoms with Crippen molar-refractivity contribution in [3.8, 4) is 44.7 Å². The van der Waals surface area contributed by atoms with Crippen LogP contribution in [-0.4, -0.2) is 0 Å². The van der Waals surface area contributed by atoms with Crippen molar-refractivity contribution in [3.05, 3.63) is 182 Å². The second-order valence-corrected chi connectivity index (χ2v) is 12.4. The summed E-state index contributed by atoms with van der Waals surface area (Å²) < 4.78 is 148. The fourth-order valence-corrected chi connectivity index (χ4v) is 7.32. The monoisotopic (exact) mass is 677 g/mol. The minimum Gasteiger partial charge on any atom is -0.456 e. The van der Waals surface area contributed by atoms with Gasteiger partial charge in [-0.1, -0.05) is 151 Å². The number of furan rings is 2. The van der Waals surface area contributed by atoms with E-state index in [2.05, 4.69) is 0 Å². The Morgan fingerprint density at radius 1 is 0.385 bits per heavy atom. The van der Waals surface area contributed by atoms with Crippen LogP contribution in [0.15, 0.2) is 190 Å². The minimum atomic E-state index is -0.753. The van der Waals surface area contributed by atoms with Crippen LogP contribution < -0.4 is 0 Å². The molecule has 52 heavy (non-hydrogen) atoms. The Kier molecular flexibility index (Phi) is 3.88. The molecule has 0 aliphatic carbocycles. The third kappa shape index (κ3) is 4.31. The molecule has 9 aromatic carbocycles. The first kappa shape index (κ1) is 17.8. The summed E-state index contributed by atoms with van der Waals surface area (Å²) in [7, 11) is 0. The lowest BCUT2D eigenvalue weighted by Crippen LogP contribution is -1.91. The molecule has 0 radical (unpaired) electrons. The van der Waals surface area contributed by atoms with Crippen molar-refractivity contribution in [2.24, 2.45) is 0 Å². The van der Waals surface area contributed by atoms with E-state index >= 15 is 0 Å². The molecule has 0 atom stereocenters. The van der Waals surface area contributed by atoms with Gasteiger partial charge in [-0.15, -0.1) is 0 Å². The molecule has 0 N–H and O–H groups in total. The Morgan fingerprint density at radius 2 is 0.981 bits per heavy atom. The smallest absolute Gasteiger partial charge is 0.147 e. The highest BCUT2D eigenvalue weighted by Crippen LogP contribution is 2.48. The van der Waals surface area contributed by atoms with Gasteiger partial charge in [0, 0.05) is 21.9 Å². The summed E-state index contributed by atoms with van der Waals surface area (Å²) in [6.45, 7) is 0. The fourth-order valence-electron chi connectivity index (χ4n) is 7.32. The number of rotatable bonds is 4. The Labute approximate surface area is 320 Å². The topological polar surface area (TPSA) is 26.3 Å². The van der Waals surface area contributed by atoms with Gasteiger partial charge in [0.05, 0.1) is 25.9 Å². The molecule has 0 saturated carbocycles. The standard InChI is InChI=1S/C50H30O2/c1-3-14-32(15-4-1)47-42-27-28-43-48(50(42)52-49(47)33-16-5-2-6-17-33)41-26-25-36(30-44(41)51-43)46-39-21-11-9-19-37(39)45(38-20-10-12-22-40(38)46)35-24-23-31-13-7-8-18-34(31)29-35/h1-30H/i7D,8D,9D,10D,11D,12D,13D,18D,19D,20D,21D,22D,23D,24D,29D. The maximum Gasteiger partial charge on any atom is 0.147 e. The average molecular weight is 678 g/mol. The van der Waals surface area contributed by atoms with E-state index in [1.165, 1.54) is 0 Å². The zero-order valence-corrected chi connectivity index (χ0v) is 27.0. The van der Waals surface area contributed by atoms with Crippen LogP contribution in [0.5, 0.6) is 0 Å². The van der Waals surface area contributed by atoms with Crippen molar-refractivity contribution in [1.82, 2.24) is 0 Å². The van der Waals surface area contributed by atoms with E-state index in [1.54, 1.807) is 18.2 Å². The van der Waals surface area contributed by atoms with Crippen LogP contribution in [0.2, 0.25) is 0 Å². The van der Waals surface area contributed by atoms with Crippen molar-refractivity contribution < 1.29 is 29.4 Å². The first-order chi connectivity index (χ1) is 32.0. The summed E-state index contributed by atoms with van der Waals surface area (Å²) in [4.78, 5) is 0. The van der Waals surface area contributed by atoms with Gasteiger partial charge >= 0.3 is 0 Å². The van der Waals surface area contributed by atoms with E-state index in [0.717, 1.165) is 22.1 Å². The molecule has 2 heterocycles. The van der Waals surface area contributed by atoms with Crippen LogP contribution in [0, 0.1) is 0 Å². The molecule has 2 nitrogen and oxygen atoms in total. The van der Waals surface area contributed by atoms with Crippen LogP contribution in [0.3, 0.4) is 0 Å². The van der Waals surface area contributed by atoms with Gasteiger partial charge < -0.3 is 8.83 Å². The maximum absolute atomic E-state index is 9.49. The third-order valence-corrected chi connectivity index (χ3v) is 9.55. The quantitative estimate of drug-likeness (QED) is 0.173. The molecule has 11 aromatic rings. The highest BCUT2D eigenvalue weighted by atomic mass is 16.3. The Hall–Kier alpha value is -6.90. The molecule has 0 aliphatic rings. The molecular formula is C50H30O2. The first-order valence-electron chi connectivity index (χ1n) is 24.0. The Morgan fingerprint density at radius 3 is 1.67 bits per heavy atom. The largest absolute Gasteiger partial charge is 0.456 e. The van der Waals surface area contributed by atoms with Gasteiger partial charge in [-0.25, -0.2) is 0 Å². The lowest BCUT2D eigenvalue weighted by atomic mass is 9.85. The summed E-state index contributed by atoms with van der Waals surface area (Å²) in [5.74, 6) is 0.651. The van der Waals surface area contributed by atoms with Crippen LogP contribution in [0.1, 0.15) is 20.6 Å². The predicted molar refractivity (Wildman–Crippen MR) is 218 cm³/mol. The molecule has 2 heteroatoms. The Balaban J connectivity index is 1.29. The van der Waals surface area contributed by atoms with E-state index in [9.17, 15) is 8.22 Å². The van der Waals surface area contributed by atoms with E-state index in [-0.39, 0.29) is 38.2 Å². The van der Waals surface area contributed by atoms with Crippen molar-refractivity contribution in [1.29, 1.82) is 0 Å². The molecular weight excluding hydrogens is 633 g/mol. The normalized spacial score (nSPS) is 15.9. The van der Waals surface area contributed by atoms with Gasteiger partial charge in [-0.2, -0.15) is 0 Å². The van der Waals surface area contributed by atoms with Crippen molar-refractivity contribution in [2.45, 2.75) is 0 Å². The van der Waals surface area contributed by atoms with E-state index in [0.29, 0.717) is 33.3 Å². The summed E-state index contributed by atoms with van der Waals surface area (Å²) in [6.07, 6.45) is 0. The van der Waals surface area contributed by atoms with E-state index in [4.69, 9.17) is 21.2 Å². The van der Waals surface area contributed by atoms with Crippen molar-refractivity contribution in [2.75, 3.05) is 0 Å². The first-order valence-corrected chi connectivity index (χ1v) is 16.5. The molecule has 0 aliphatic heterocycles. The molecule has 0 fully saturated rings. The molecule has 0 saturated heterocycles. The fraction of sp³-hybridized carbons (Fsp3) is 0. The number of fused-ring (bicyclic) bond motifs is 8. The minimum absolute atomic E-state index is 0.0251. The summed E-state index contributed by atoms with van der Waals surface area (Å²) in [5, 5.41) is 0.135. The SMILES string of the molecule is [2H]c1c([2H])c([2H])c2c([2H])c(-c3c4c([2H])c([2H])c([2H])c([2H])c4c(-c4ccc5c(c4)oc4ccc6c(-c7ccccc7)c(-c7ccccc7)oc6c45)c4c([2H])c([2H])c([2H])c([2H])c34)c([2H])c([2H])c2c1[2H]. The number of benzene rings is 9. The van der Waals surface area contributed by atoms with Crippen LogP contribution >= 0.6 is 0 Å². The third-order valence-electron chi connectivity index (χ3n) is 9.55. The van der Waals surface area contributed by atoms with Crippen LogP contribution in [0.4, 0.5) is 0 Å². The zero-order chi connectivity index (χ0) is 47.2. The summed E-state index contributed by atoms with van der Waals surface area (Å²) in [5.41, 5.74) is 3.32. The molecule has 0 bridgehead atoms. The van der Waals surface area contributed by atoms with Gasteiger partial charge in [-0.05, 0) is 90.4 Å². The molecule has 0 unspecified atom stereocenters. The van der Waals surface area contributed by atoms with Gasteiger partial charge in [0.2, 0.25) is 0 Å².